The molecule has 9 nitrogen and oxygen atoms in total. The maximum Gasteiger partial charge on any atom is 0.295 e. The van der Waals surface area contributed by atoms with Crippen LogP contribution < -0.4 is 14.6 Å². The van der Waals surface area contributed by atoms with Crippen LogP contribution in [0.5, 0.6) is 5.75 Å². The molecule has 206 valence electrons. The highest BCUT2D eigenvalue weighted by Crippen LogP contribution is 2.32. The highest BCUT2D eigenvalue weighted by Gasteiger charge is 2.29. The fraction of sp³-hybridized carbons (Fsp3) is 0.259. The summed E-state index contributed by atoms with van der Waals surface area (Å²) >= 11 is 12.2. The van der Waals surface area contributed by atoms with Gasteiger partial charge < -0.3 is 20.2 Å². The zero-order valence-electron chi connectivity index (χ0n) is 20.8. The van der Waals surface area contributed by atoms with Gasteiger partial charge in [0.1, 0.15) is 0 Å². The smallest absolute Gasteiger partial charge is 0.295 e. The minimum Gasteiger partial charge on any atom is -0.396 e. The molecule has 0 atom stereocenters. The lowest BCUT2D eigenvalue weighted by molar-refractivity contribution is -0.131. The molecule has 0 bridgehead atoms. The SMILES string of the molecule is O=C(NCC(=O)N1CCC(CO)CC1)c1ccc(S(=O)(=O)N(Oc2ccc(Cl)cc2Cl)c2ccccc2)cc1. The lowest BCUT2D eigenvalue weighted by atomic mass is 9.98. The van der Waals surface area contributed by atoms with Crippen LogP contribution in [-0.2, 0) is 14.8 Å². The second kappa shape index (κ2) is 12.7. The minimum atomic E-state index is -4.26. The van der Waals surface area contributed by atoms with Crippen LogP contribution in [0.1, 0.15) is 23.2 Å². The normalized spacial score (nSPS) is 14.1. The predicted molar refractivity (Wildman–Crippen MR) is 148 cm³/mol. The van der Waals surface area contributed by atoms with Gasteiger partial charge in [-0.05, 0) is 73.4 Å². The van der Waals surface area contributed by atoms with E-state index in [1.165, 1.54) is 42.5 Å². The van der Waals surface area contributed by atoms with Crippen LogP contribution >= 0.6 is 23.2 Å². The molecule has 0 spiro atoms. The van der Waals surface area contributed by atoms with Crippen molar-refractivity contribution in [1.29, 1.82) is 0 Å². The Morgan fingerprint density at radius 2 is 1.67 bits per heavy atom. The molecule has 1 aliphatic rings. The molecule has 2 amide bonds. The van der Waals surface area contributed by atoms with Crippen LogP contribution in [0.4, 0.5) is 5.69 Å². The highest BCUT2D eigenvalue weighted by molar-refractivity contribution is 7.92. The zero-order chi connectivity index (χ0) is 28.0. The average Bonchev–Trinajstić information content (AvgIpc) is 2.95. The molecule has 1 heterocycles. The number of amides is 2. The van der Waals surface area contributed by atoms with E-state index < -0.39 is 15.9 Å². The molecule has 0 saturated carbocycles. The standard InChI is InChI=1S/C27H27Cl2N3O6S/c28-21-8-11-25(24(29)16-21)38-32(22-4-2-1-3-5-22)39(36,37)23-9-6-20(7-10-23)27(35)30-17-26(34)31-14-12-19(18-33)13-15-31/h1-11,16,19,33H,12-15,17-18H2,(H,30,35). The van der Waals surface area contributed by atoms with Crippen LogP contribution in [0, 0.1) is 5.92 Å². The van der Waals surface area contributed by atoms with Crippen LogP contribution in [-0.4, -0.2) is 56.5 Å². The molecule has 1 fully saturated rings. The van der Waals surface area contributed by atoms with Crippen molar-refractivity contribution in [2.45, 2.75) is 17.7 Å². The van der Waals surface area contributed by atoms with E-state index in [9.17, 15) is 23.1 Å². The van der Waals surface area contributed by atoms with Gasteiger partial charge in [-0.3, -0.25) is 9.59 Å². The van der Waals surface area contributed by atoms with Crippen LogP contribution in [0.15, 0.2) is 77.7 Å². The molecule has 39 heavy (non-hydrogen) atoms. The van der Waals surface area contributed by atoms with Crippen LogP contribution in [0.3, 0.4) is 0 Å². The summed E-state index contributed by atoms with van der Waals surface area (Å²) in [4.78, 5) is 32.3. The molecule has 0 aliphatic carbocycles. The molecule has 2 N–H and O–H groups in total. The van der Waals surface area contributed by atoms with Crippen molar-refractivity contribution in [2.24, 2.45) is 5.92 Å². The molecule has 0 aromatic heterocycles. The molecular formula is C27H27Cl2N3O6S. The van der Waals surface area contributed by atoms with Crippen LogP contribution in [0.25, 0.3) is 0 Å². The third-order valence-electron chi connectivity index (χ3n) is 6.30. The topological polar surface area (TPSA) is 116 Å². The van der Waals surface area contributed by atoms with Crippen molar-refractivity contribution in [3.05, 3.63) is 88.4 Å². The Bertz CT molecular complexity index is 1410. The molecule has 1 aliphatic heterocycles. The fourth-order valence-corrected chi connectivity index (χ4v) is 5.73. The number of hydrogen-bond donors (Lipinski definition) is 2. The summed E-state index contributed by atoms with van der Waals surface area (Å²) in [5, 5.41) is 12.3. The first kappa shape index (κ1) is 28.7. The van der Waals surface area contributed by atoms with Crippen molar-refractivity contribution < 1.29 is 28.0 Å². The molecule has 3 aromatic rings. The molecule has 0 radical (unpaired) electrons. The van der Waals surface area contributed by atoms with Crippen molar-refractivity contribution in [1.82, 2.24) is 10.2 Å². The molecule has 4 rings (SSSR count). The Morgan fingerprint density at radius 1 is 1.00 bits per heavy atom. The number of sulfonamides is 1. The number of hydrogen-bond acceptors (Lipinski definition) is 6. The van der Waals surface area contributed by atoms with Gasteiger partial charge in [-0.25, -0.2) is 0 Å². The molecule has 3 aromatic carbocycles. The van der Waals surface area contributed by atoms with E-state index in [1.54, 1.807) is 35.2 Å². The van der Waals surface area contributed by atoms with Crippen molar-refractivity contribution in [3.8, 4) is 5.75 Å². The summed E-state index contributed by atoms with van der Waals surface area (Å²) in [7, 11) is -4.26. The Hall–Kier alpha value is -3.31. The lowest BCUT2D eigenvalue weighted by Gasteiger charge is -2.31. The van der Waals surface area contributed by atoms with E-state index in [1.807, 2.05) is 0 Å². The maximum atomic E-state index is 13.6. The van der Waals surface area contributed by atoms with Gasteiger partial charge in [0.05, 0.1) is 22.2 Å². The van der Waals surface area contributed by atoms with E-state index in [0.29, 0.717) is 18.1 Å². The number of rotatable bonds is 9. The van der Waals surface area contributed by atoms with Crippen molar-refractivity contribution >= 4 is 50.7 Å². The highest BCUT2D eigenvalue weighted by atomic mass is 35.5. The molecule has 1 saturated heterocycles. The van der Waals surface area contributed by atoms with E-state index in [2.05, 4.69) is 5.32 Å². The van der Waals surface area contributed by atoms with Gasteiger partial charge in [-0.1, -0.05) is 45.9 Å². The Kier molecular flexibility index (Phi) is 9.34. The summed E-state index contributed by atoms with van der Waals surface area (Å²) in [6.07, 6.45) is 1.44. The lowest BCUT2D eigenvalue weighted by Crippen LogP contribution is -2.44. The third kappa shape index (κ3) is 7.02. The Morgan fingerprint density at radius 3 is 2.28 bits per heavy atom. The number of aliphatic hydroxyl groups is 1. The third-order valence-corrected chi connectivity index (χ3v) is 8.42. The number of likely N-dealkylation sites (tertiary alicyclic amines) is 1. The van der Waals surface area contributed by atoms with Gasteiger partial charge in [0.2, 0.25) is 5.91 Å². The molecular weight excluding hydrogens is 565 g/mol. The second-order valence-corrected chi connectivity index (χ2v) is 11.5. The maximum absolute atomic E-state index is 13.6. The summed E-state index contributed by atoms with van der Waals surface area (Å²) in [6, 6.07) is 17.9. The van der Waals surface area contributed by atoms with Gasteiger partial charge in [0, 0.05) is 30.3 Å². The van der Waals surface area contributed by atoms with Gasteiger partial charge in [0.25, 0.3) is 15.9 Å². The number of para-hydroxylation sites is 1. The summed E-state index contributed by atoms with van der Waals surface area (Å²) in [5.41, 5.74) is 0.417. The molecule has 12 heteroatoms. The number of carbonyl (C=O) groups excluding carboxylic acids is 2. The van der Waals surface area contributed by atoms with E-state index in [0.717, 1.165) is 17.3 Å². The van der Waals surface area contributed by atoms with Crippen LogP contribution in [0.2, 0.25) is 10.0 Å². The average molecular weight is 593 g/mol. The summed E-state index contributed by atoms with van der Waals surface area (Å²) < 4.78 is 27.9. The Balaban J connectivity index is 1.47. The predicted octanol–water partition coefficient (Wildman–Crippen LogP) is 4.14. The van der Waals surface area contributed by atoms with Gasteiger partial charge in [-0.15, -0.1) is 0 Å². The van der Waals surface area contributed by atoms with Crippen molar-refractivity contribution in [3.63, 3.8) is 0 Å². The van der Waals surface area contributed by atoms with E-state index in [-0.39, 0.29) is 51.9 Å². The number of aliphatic hydroxyl groups excluding tert-OH is 1. The number of carbonyl (C=O) groups is 2. The first-order chi connectivity index (χ1) is 18.7. The monoisotopic (exact) mass is 591 g/mol. The number of piperidine rings is 1. The second-order valence-electron chi connectivity index (χ2n) is 8.95. The van der Waals surface area contributed by atoms with Gasteiger partial charge in [-0.2, -0.15) is 8.42 Å². The molecule has 0 unspecified atom stereocenters. The number of benzene rings is 3. The zero-order valence-corrected chi connectivity index (χ0v) is 23.1. The minimum absolute atomic E-state index is 0.0785. The van der Waals surface area contributed by atoms with E-state index >= 15 is 0 Å². The first-order valence-corrected chi connectivity index (χ1v) is 14.4. The first-order valence-electron chi connectivity index (χ1n) is 12.2. The van der Waals surface area contributed by atoms with Crippen molar-refractivity contribution in [2.75, 3.05) is 30.7 Å². The number of anilines is 1. The van der Waals surface area contributed by atoms with Gasteiger partial charge in [0.15, 0.2) is 5.75 Å². The van der Waals surface area contributed by atoms with E-state index in [4.69, 9.17) is 28.0 Å². The summed E-state index contributed by atoms with van der Waals surface area (Å²) in [5.74, 6) is -0.448. The number of nitrogens with one attached hydrogen (secondary N) is 1. The number of nitrogens with zero attached hydrogens (tertiary/aromatic N) is 2. The largest absolute Gasteiger partial charge is 0.396 e. The summed E-state index contributed by atoms with van der Waals surface area (Å²) in [6.45, 7) is 0.996. The number of halogens is 2. The van der Waals surface area contributed by atoms with Gasteiger partial charge >= 0.3 is 0 Å². The Labute approximate surface area is 236 Å². The fourth-order valence-electron chi connectivity index (χ4n) is 4.04. The quantitative estimate of drug-likeness (QED) is 0.361.